The van der Waals surface area contributed by atoms with E-state index in [1.807, 2.05) is 79.7 Å². The first-order chi connectivity index (χ1) is 14.7. The van der Waals surface area contributed by atoms with Crippen molar-refractivity contribution in [3.8, 4) is 11.4 Å². The highest BCUT2D eigenvalue weighted by Gasteiger charge is 2.28. The summed E-state index contributed by atoms with van der Waals surface area (Å²) in [7, 11) is 0. The van der Waals surface area contributed by atoms with Crippen LogP contribution in [-0.4, -0.2) is 21.8 Å². The summed E-state index contributed by atoms with van der Waals surface area (Å²) in [6, 6.07) is 23.8. The zero-order chi connectivity index (χ0) is 20.5. The Bertz CT molecular complexity index is 1180. The number of hydrogen-bond acceptors (Lipinski definition) is 6. The second kappa shape index (κ2) is 8.01. The molecule has 0 aliphatic carbocycles. The van der Waals surface area contributed by atoms with Crippen LogP contribution in [-0.2, 0) is 4.79 Å². The Morgan fingerprint density at radius 1 is 0.967 bits per heavy atom. The van der Waals surface area contributed by atoms with Gasteiger partial charge in [0.05, 0.1) is 17.1 Å². The van der Waals surface area contributed by atoms with E-state index in [1.165, 1.54) is 17.3 Å². The van der Waals surface area contributed by atoms with Gasteiger partial charge in [-0.25, -0.2) is 0 Å². The van der Waals surface area contributed by atoms with E-state index in [1.54, 1.807) is 16.7 Å². The van der Waals surface area contributed by atoms with Crippen LogP contribution in [0, 0.1) is 6.92 Å². The van der Waals surface area contributed by atoms with Gasteiger partial charge in [0.15, 0.2) is 0 Å². The van der Waals surface area contributed by atoms with E-state index < -0.39 is 0 Å². The molecule has 5 rings (SSSR count). The summed E-state index contributed by atoms with van der Waals surface area (Å²) in [5, 5.41) is 4.42. The Morgan fingerprint density at radius 2 is 1.60 bits per heavy atom. The molecule has 0 saturated carbocycles. The predicted molar refractivity (Wildman–Crippen MR) is 119 cm³/mol. The molecule has 1 aliphatic rings. The van der Waals surface area contributed by atoms with Crippen LogP contribution in [0.15, 0.2) is 92.3 Å². The van der Waals surface area contributed by atoms with Crippen LogP contribution in [0.5, 0.6) is 0 Å². The van der Waals surface area contributed by atoms with E-state index in [2.05, 4.69) is 10.1 Å². The zero-order valence-corrected chi connectivity index (χ0v) is 17.7. The number of thioether (sulfide) groups is 1. The number of carbonyl (C=O) groups excluding carboxylic acids is 1. The first kappa shape index (κ1) is 19.0. The molecule has 0 radical (unpaired) electrons. The van der Waals surface area contributed by atoms with Crippen LogP contribution in [0.2, 0.25) is 0 Å². The first-order valence-corrected chi connectivity index (χ1v) is 11.2. The largest absolute Gasteiger partial charge is 0.327 e. The molecule has 0 fully saturated rings. The highest BCUT2D eigenvalue weighted by molar-refractivity contribution is 8.00. The summed E-state index contributed by atoms with van der Waals surface area (Å²) in [6.45, 7) is 2.03. The van der Waals surface area contributed by atoms with E-state index in [4.69, 9.17) is 4.52 Å². The molecule has 30 heavy (non-hydrogen) atoms. The third kappa shape index (κ3) is 3.62. The fraction of sp³-hybridized carbons (Fsp3) is 0.0870. The Kier molecular flexibility index (Phi) is 5.06. The lowest BCUT2D eigenvalue weighted by molar-refractivity contribution is -0.115. The molecule has 0 unspecified atom stereocenters. The molecule has 2 heterocycles. The molecule has 4 aromatic rings. The van der Waals surface area contributed by atoms with Gasteiger partial charge in [-0.1, -0.05) is 82.8 Å². The quantitative estimate of drug-likeness (QED) is 0.371. The SMILES string of the molecule is Cc1ccc(-c2noc(SCC(=O)N3c4ccccc4Sc4ccccc43)n2)cc1. The maximum Gasteiger partial charge on any atom is 0.286 e. The number of aromatic nitrogens is 2. The minimum absolute atomic E-state index is 0.0321. The number of benzene rings is 3. The van der Waals surface area contributed by atoms with Crippen molar-refractivity contribution in [3.05, 3.63) is 78.4 Å². The third-order valence-corrected chi connectivity index (χ3v) is 6.65. The number of para-hydroxylation sites is 2. The van der Waals surface area contributed by atoms with Crippen molar-refractivity contribution >= 4 is 40.8 Å². The Labute approximate surface area is 182 Å². The maximum absolute atomic E-state index is 13.2. The lowest BCUT2D eigenvalue weighted by Crippen LogP contribution is -2.29. The highest BCUT2D eigenvalue weighted by atomic mass is 32.2. The molecule has 0 spiro atoms. The second-order valence-corrected chi connectivity index (χ2v) is 8.82. The number of aryl methyl sites for hydroxylation is 1. The van der Waals surface area contributed by atoms with Crippen molar-refractivity contribution in [1.29, 1.82) is 0 Å². The lowest BCUT2D eigenvalue weighted by atomic mass is 10.1. The van der Waals surface area contributed by atoms with Gasteiger partial charge in [-0.3, -0.25) is 9.69 Å². The Balaban J connectivity index is 1.36. The average Bonchev–Trinajstić information content (AvgIpc) is 3.25. The number of rotatable bonds is 4. The van der Waals surface area contributed by atoms with Gasteiger partial charge in [0.1, 0.15) is 0 Å². The molecule has 1 aliphatic heterocycles. The monoisotopic (exact) mass is 431 g/mol. The summed E-state index contributed by atoms with van der Waals surface area (Å²) in [4.78, 5) is 21.6. The van der Waals surface area contributed by atoms with Crippen LogP contribution in [0.1, 0.15) is 5.56 Å². The number of carbonyl (C=O) groups is 1. The van der Waals surface area contributed by atoms with Gasteiger partial charge in [-0.15, -0.1) is 0 Å². The number of anilines is 2. The van der Waals surface area contributed by atoms with Crippen LogP contribution in [0.4, 0.5) is 11.4 Å². The molecule has 148 valence electrons. The van der Waals surface area contributed by atoms with Crippen molar-refractivity contribution in [2.45, 2.75) is 21.9 Å². The van der Waals surface area contributed by atoms with E-state index >= 15 is 0 Å². The van der Waals surface area contributed by atoms with Crippen LogP contribution >= 0.6 is 23.5 Å². The standard InChI is InChI=1S/C23H17N3O2S2/c1-15-10-12-16(13-11-15)22-24-23(28-25-22)29-14-21(27)26-17-6-2-4-8-19(17)30-20-9-5-3-7-18(20)26/h2-13H,14H2,1H3. The third-order valence-electron chi connectivity index (χ3n) is 4.72. The Morgan fingerprint density at radius 3 is 2.27 bits per heavy atom. The summed E-state index contributed by atoms with van der Waals surface area (Å²) in [6.07, 6.45) is 0. The van der Waals surface area contributed by atoms with E-state index in [0.29, 0.717) is 11.0 Å². The number of amides is 1. The van der Waals surface area contributed by atoms with Crippen molar-refractivity contribution < 1.29 is 9.32 Å². The van der Waals surface area contributed by atoms with Gasteiger partial charge in [0.25, 0.3) is 5.22 Å². The van der Waals surface area contributed by atoms with E-state index in [0.717, 1.165) is 26.7 Å². The maximum atomic E-state index is 13.2. The molecular weight excluding hydrogens is 414 g/mol. The van der Waals surface area contributed by atoms with Gasteiger partial charge >= 0.3 is 0 Å². The van der Waals surface area contributed by atoms with Crippen molar-refractivity contribution in [1.82, 2.24) is 10.1 Å². The van der Waals surface area contributed by atoms with Gasteiger partial charge in [-0.05, 0) is 31.2 Å². The first-order valence-electron chi connectivity index (χ1n) is 9.41. The minimum atomic E-state index is -0.0321. The smallest absolute Gasteiger partial charge is 0.286 e. The van der Waals surface area contributed by atoms with E-state index in [9.17, 15) is 4.79 Å². The number of fused-ring (bicyclic) bond motifs is 2. The van der Waals surface area contributed by atoms with Crippen molar-refractivity contribution in [2.75, 3.05) is 10.7 Å². The number of hydrogen-bond donors (Lipinski definition) is 0. The average molecular weight is 432 g/mol. The Hall–Kier alpha value is -3.03. The van der Waals surface area contributed by atoms with Crippen molar-refractivity contribution in [2.24, 2.45) is 0 Å². The van der Waals surface area contributed by atoms with Gasteiger partial charge in [0, 0.05) is 15.4 Å². The molecule has 3 aromatic carbocycles. The van der Waals surface area contributed by atoms with Gasteiger partial charge in [-0.2, -0.15) is 4.98 Å². The molecular formula is C23H17N3O2S2. The summed E-state index contributed by atoms with van der Waals surface area (Å²) >= 11 is 2.93. The highest BCUT2D eigenvalue weighted by Crippen LogP contribution is 2.48. The summed E-state index contributed by atoms with van der Waals surface area (Å²) in [5.74, 6) is 0.688. The zero-order valence-electron chi connectivity index (χ0n) is 16.1. The minimum Gasteiger partial charge on any atom is -0.327 e. The molecule has 5 nitrogen and oxygen atoms in total. The van der Waals surface area contributed by atoms with Gasteiger partial charge in [0.2, 0.25) is 11.7 Å². The van der Waals surface area contributed by atoms with E-state index in [-0.39, 0.29) is 11.7 Å². The summed E-state index contributed by atoms with van der Waals surface area (Å²) in [5.41, 5.74) is 3.86. The topological polar surface area (TPSA) is 59.2 Å². The van der Waals surface area contributed by atoms with Gasteiger partial charge < -0.3 is 4.52 Å². The fourth-order valence-electron chi connectivity index (χ4n) is 3.25. The number of nitrogens with zero attached hydrogens (tertiary/aromatic N) is 3. The lowest BCUT2D eigenvalue weighted by Gasteiger charge is -2.30. The molecule has 0 bridgehead atoms. The molecule has 0 saturated heterocycles. The molecule has 1 amide bonds. The molecule has 1 aromatic heterocycles. The van der Waals surface area contributed by atoms with Crippen LogP contribution < -0.4 is 4.90 Å². The van der Waals surface area contributed by atoms with Crippen LogP contribution in [0.3, 0.4) is 0 Å². The normalized spacial score (nSPS) is 12.4. The van der Waals surface area contributed by atoms with Crippen molar-refractivity contribution in [3.63, 3.8) is 0 Å². The summed E-state index contributed by atoms with van der Waals surface area (Å²) < 4.78 is 5.35. The molecule has 0 N–H and O–H groups in total. The van der Waals surface area contributed by atoms with Crippen LogP contribution in [0.25, 0.3) is 11.4 Å². The predicted octanol–water partition coefficient (Wildman–Crippen LogP) is 5.97. The molecule has 7 heteroatoms. The second-order valence-electron chi connectivity index (χ2n) is 6.81. The molecule has 0 atom stereocenters. The fourth-order valence-corrected chi connectivity index (χ4v) is 4.92.